The van der Waals surface area contributed by atoms with Gasteiger partial charge in [0.25, 0.3) is 0 Å². The molecular formula is C11H15IO. The zero-order valence-corrected chi connectivity index (χ0v) is 10.2. The van der Waals surface area contributed by atoms with E-state index in [2.05, 4.69) is 22.6 Å². The molecule has 0 aliphatic carbocycles. The van der Waals surface area contributed by atoms with Crippen molar-refractivity contribution < 1.29 is 5.11 Å². The zero-order valence-electron chi connectivity index (χ0n) is 8.05. The first-order valence-corrected chi connectivity index (χ1v) is 5.69. The molecule has 0 aliphatic rings. The highest BCUT2D eigenvalue weighted by Gasteiger charge is 2.26. The fraction of sp³-hybridized carbons (Fsp3) is 0.455. The van der Waals surface area contributed by atoms with E-state index in [-0.39, 0.29) is 0 Å². The standard InChI is InChI=1S/C11H15IO/c1-3-11(13,4-2)9-7-5-6-8-10(9)12/h5-8,13H,3-4H2,1-2H3. The largest absolute Gasteiger partial charge is 0.385 e. The molecule has 0 atom stereocenters. The van der Waals surface area contributed by atoms with Gasteiger partial charge in [0.1, 0.15) is 0 Å². The second-order valence-electron chi connectivity index (χ2n) is 3.22. The molecule has 0 aromatic heterocycles. The lowest BCUT2D eigenvalue weighted by molar-refractivity contribution is 0.0276. The SMILES string of the molecule is CCC(O)(CC)c1ccccc1I. The number of benzene rings is 1. The van der Waals surface area contributed by atoms with Gasteiger partial charge < -0.3 is 5.11 Å². The van der Waals surface area contributed by atoms with Gasteiger partial charge >= 0.3 is 0 Å². The molecule has 0 saturated carbocycles. The molecule has 0 saturated heterocycles. The van der Waals surface area contributed by atoms with Gasteiger partial charge in [0, 0.05) is 3.57 Å². The normalized spacial score (nSPS) is 11.7. The molecule has 0 radical (unpaired) electrons. The maximum Gasteiger partial charge on any atom is 0.0901 e. The highest BCUT2D eigenvalue weighted by atomic mass is 127. The summed E-state index contributed by atoms with van der Waals surface area (Å²) >= 11 is 2.27. The Kier molecular flexibility index (Phi) is 3.74. The zero-order chi connectivity index (χ0) is 9.90. The van der Waals surface area contributed by atoms with Crippen molar-refractivity contribution in [1.29, 1.82) is 0 Å². The Bertz CT molecular complexity index is 279. The van der Waals surface area contributed by atoms with Gasteiger partial charge in [-0.15, -0.1) is 0 Å². The van der Waals surface area contributed by atoms with Crippen molar-refractivity contribution >= 4 is 22.6 Å². The third-order valence-electron chi connectivity index (χ3n) is 2.54. The van der Waals surface area contributed by atoms with Crippen LogP contribution in [-0.2, 0) is 5.60 Å². The highest BCUT2D eigenvalue weighted by molar-refractivity contribution is 14.1. The van der Waals surface area contributed by atoms with Gasteiger partial charge in [-0.1, -0.05) is 32.0 Å². The fourth-order valence-corrected chi connectivity index (χ4v) is 2.36. The first-order chi connectivity index (χ1) is 6.14. The number of hydrogen-bond donors (Lipinski definition) is 1. The molecule has 0 aliphatic heterocycles. The number of rotatable bonds is 3. The summed E-state index contributed by atoms with van der Waals surface area (Å²) < 4.78 is 1.14. The Balaban J connectivity index is 3.12. The molecule has 0 spiro atoms. The number of hydrogen-bond acceptors (Lipinski definition) is 1. The Morgan fingerprint density at radius 2 is 1.77 bits per heavy atom. The molecule has 0 amide bonds. The maximum atomic E-state index is 10.3. The van der Waals surface area contributed by atoms with Gasteiger partial charge in [0.05, 0.1) is 5.60 Å². The van der Waals surface area contributed by atoms with Crippen LogP contribution in [0.15, 0.2) is 24.3 Å². The molecule has 1 N–H and O–H groups in total. The molecule has 1 rings (SSSR count). The minimum absolute atomic E-state index is 0.641. The van der Waals surface area contributed by atoms with Crippen molar-refractivity contribution in [3.8, 4) is 0 Å². The average Bonchev–Trinajstić information content (AvgIpc) is 2.17. The van der Waals surface area contributed by atoms with Crippen molar-refractivity contribution in [3.05, 3.63) is 33.4 Å². The maximum absolute atomic E-state index is 10.3. The minimum Gasteiger partial charge on any atom is -0.385 e. The van der Waals surface area contributed by atoms with Crippen LogP contribution in [0.1, 0.15) is 32.3 Å². The molecule has 2 heteroatoms. The minimum atomic E-state index is -0.641. The second-order valence-corrected chi connectivity index (χ2v) is 4.38. The van der Waals surface area contributed by atoms with Gasteiger partial charge in [-0.2, -0.15) is 0 Å². The van der Waals surface area contributed by atoms with E-state index in [9.17, 15) is 5.11 Å². The molecule has 1 aromatic carbocycles. The molecule has 0 heterocycles. The predicted molar refractivity (Wildman–Crippen MR) is 63.6 cm³/mol. The fourth-order valence-electron chi connectivity index (χ4n) is 1.47. The number of aliphatic hydroxyl groups is 1. The lowest BCUT2D eigenvalue weighted by atomic mass is 9.89. The van der Waals surface area contributed by atoms with Crippen LogP contribution in [0.5, 0.6) is 0 Å². The first-order valence-electron chi connectivity index (χ1n) is 4.61. The highest BCUT2D eigenvalue weighted by Crippen LogP contribution is 2.31. The first kappa shape index (κ1) is 11.0. The van der Waals surface area contributed by atoms with Crippen LogP contribution in [-0.4, -0.2) is 5.11 Å². The topological polar surface area (TPSA) is 20.2 Å². The average molecular weight is 290 g/mol. The summed E-state index contributed by atoms with van der Waals surface area (Å²) in [5.41, 5.74) is 0.415. The van der Waals surface area contributed by atoms with Crippen LogP contribution in [0, 0.1) is 3.57 Å². The summed E-state index contributed by atoms with van der Waals surface area (Å²) in [7, 11) is 0. The van der Waals surface area contributed by atoms with Gasteiger partial charge in [0.2, 0.25) is 0 Å². The van der Waals surface area contributed by atoms with Crippen molar-refractivity contribution in [3.63, 3.8) is 0 Å². The molecular weight excluding hydrogens is 275 g/mol. The summed E-state index contributed by atoms with van der Waals surface area (Å²) in [4.78, 5) is 0. The van der Waals surface area contributed by atoms with E-state index in [1.165, 1.54) is 0 Å². The third kappa shape index (κ3) is 2.23. The molecule has 1 nitrogen and oxygen atoms in total. The van der Waals surface area contributed by atoms with Crippen LogP contribution >= 0.6 is 22.6 Å². The molecule has 72 valence electrons. The van der Waals surface area contributed by atoms with Crippen molar-refractivity contribution in [2.75, 3.05) is 0 Å². The molecule has 13 heavy (non-hydrogen) atoms. The summed E-state index contributed by atoms with van der Waals surface area (Å²) in [5, 5.41) is 10.3. The Morgan fingerprint density at radius 3 is 2.23 bits per heavy atom. The Morgan fingerprint density at radius 1 is 1.23 bits per heavy atom. The third-order valence-corrected chi connectivity index (χ3v) is 3.49. The van der Waals surface area contributed by atoms with Crippen molar-refractivity contribution in [1.82, 2.24) is 0 Å². The van der Waals surface area contributed by atoms with Gasteiger partial charge in [-0.05, 0) is 47.1 Å². The molecule has 0 unspecified atom stereocenters. The van der Waals surface area contributed by atoms with Crippen LogP contribution in [0.2, 0.25) is 0 Å². The van der Waals surface area contributed by atoms with Crippen LogP contribution in [0.3, 0.4) is 0 Å². The van der Waals surface area contributed by atoms with E-state index in [0.717, 1.165) is 22.0 Å². The van der Waals surface area contributed by atoms with Crippen LogP contribution in [0.25, 0.3) is 0 Å². The van der Waals surface area contributed by atoms with Gasteiger partial charge in [-0.3, -0.25) is 0 Å². The number of halogens is 1. The molecule has 0 fully saturated rings. The smallest absolute Gasteiger partial charge is 0.0901 e. The quantitative estimate of drug-likeness (QED) is 0.847. The summed E-state index contributed by atoms with van der Waals surface area (Å²) in [5.74, 6) is 0. The van der Waals surface area contributed by atoms with E-state index < -0.39 is 5.60 Å². The van der Waals surface area contributed by atoms with Crippen LogP contribution in [0.4, 0.5) is 0 Å². The van der Waals surface area contributed by atoms with Crippen LogP contribution < -0.4 is 0 Å². The Hall–Kier alpha value is -0.0900. The van der Waals surface area contributed by atoms with E-state index in [1.807, 2.05) is 38.1 Å². The summed E-state index contributed by atoms with van der Waals surface area (Å²) in [6, 6.07) is 8.02. The lowest BCUT2D eigenvalue weighted by Gasteiger charge is -2.26. The van der Waals surface area contributed by atoms with Gasteiger partial charge in [-0.25, -0.2) is 0 Å². The second kappa shape index (κ2) is 4.42. The van der Waals surface area contributed by atoms with E-state index in [1.54, 1.807) is 0 Å². The molecule has 1 aromatic rings. The van der Waals surface area contributed by atoms with E-state index in [0.29, 0.717) is 0 Å². The van der Waals surface area contributed by atoms with Crippen molar-refractivity contribution in [2.45, 2.75) is 32.3 Å². The van der Waals surface area contributed by atoms with E-state index in [4.69, 9.17) is 0 Å². The molecule has 0 bridgehead atoms. The van der Waals surface area contributed by atoms with Crippen molar-refractivity contribution in [2.24, 2.45) is 0 Å². The summed E-state index contributed by atoms with van der Waals surface area (Å²) in [6.45, 7) is 4.04. The van der Waals surface area contributed by atoms with Gasteiger partial charge in [0.15, 0.2) is 0 Å². The summed E-state index contributed by atoms with van der Waals surface area (Å²) in [6.07, 6.45) is 1.53. The van der Waals surface area contributed by atoms with E-state index >= 15 is 0 Å². The lowest BCUT2D eigenvalue weighted by Crippen LogP contribution is -2.24. The predicted octanol–water partition coefficient (Wildman–Crippen LogP) is 3.30. The Labute approximate surface area is 93.3 Å². The monoisotopic (exact) mass is 290 g/mol.